The lowest BCUT2D eigenvalue weighted by Gasteiger charge is -2.20. The summed E-state index contributed by atoms with van der Waals surface area (Å²) in [6.07, 6.45) is 5.19. The van der Waals surface area contributed by atoms with Gasteiger partial charge in [0.15, 0.2) is 0 Å². The maximum Gasteiger partial charge on any atom is 0.258 e. The Morgan fingerprint density at radius 3 is 1.90 bits per heavy atom. The summed E-state index contributed by atoms with van der Waals surface area (Å²) in [6.45, 7) is 6.70. The molecule has 364 valence electrons. The molecule has 0 aliphatic carbocycles. The van der Waals surface area contributed by atoms with Crippen LogP contribution < -0.4 is 29.7 Å². The molecule has 1 aliphatic heterocycles. The van der Waals surface area contributed by atoms with Crippen LogP contribution in [-0.2, 0) is 48.9 Å². The molecule has 1 amide bonds. The summed E-state index contributed by atoms with van der Waals surface area (Å²) >= 11 is 6.84. The van der Waals surface area contributed by atoms with Crippen LogP contribution in [0.4, 0.5) is 5.69 Å². The van der Waals surface area contributed by atoms with Crippen LogP contribution in [0, 0.1) is 29.6 Å². The number of rotatable bonds is 23. The molecule has 0 saturated heterocycles. The number of aliphatic hydroxyl groups is 2. The lowest BCUT2D eigenvalue weighted by atomic mass is 9.92. The molecular weight excluding hydrogens is 922 g/mol. The Balaban J connectivity index is 1.09. The number of Topliss-reactive ketones (excluding diaryl/α,β-unsaturated/α-hetero) is 2. The molecule has 0 unspecified atom stereocenters. The number of hydrogen-bond acceptors (Lipinski definition) is 14. The van der Waals surface area contributed by atoms with Gasteiger partial charge >= 0.3 is 0 Å². The van der Waals surface area contributed by atoms with Crippen LogP contribution in [-0.4, -0.2) is 69.5 Å². The molecule has 6 aromatic rings. The summed E-state index contributed by atoms with van der Waals surface area (Å²) in [5.74, 6) is 0.883. The van der Waals surface area contributed by atoms with Gasteiger partial charge in [-0.25, -0.2) is 0 Å². The van der Waals surface area contributed by atoms with Crippen molar-refractivity contribution in [3.8, 4) is 40.5 Å². The van der Waals surface area contributed by atoms with E-state index in [0.717, 1.165) is 39.1 Å². The van der Waals surface area contributed by atoms with E-state index in [9.17, 15) is 35.1 Å². The fourth-order valence-corrected chi connectivity index (χ4v) is 8.64. The number of fused-ring (bicyclic) bond motifs is 1. The van der Waals surface area contributed by atoms with Crippen molar-refractivity contribution < 1.29 is 38.8 Å². The lowest BCUT2D eigenvalue weighted by molar-refractivity contribution is -0.119. The number of anilines is 1. The zero-order valence-corrected chi connectivity index (χ0v) is 40.5. The summed E-state index contributed by atoms with van der Waals surface area (Å²) in [6, 6.07) is 28.3. The number of pyridine rings is 2. The second kappa shape index (κ2) is 24.4. The monoisotopic (exact) mass is 975 g/mol. The highest BCUT2D eigenvalue weighted by Crippen LogP contribution is 2.40. The third kappa shape index (κ3) is 13.6. The number of carbonyl (C=O) groups is 3. The number of amides is 1. The summed E-state index contributed by atoms with van der Waals surface area (Å²) in [4.78, 5) is 47.5. The van der Waals surface area contributed by atoms with Crippen molar-refractivity contribution in [2.75, 3.05) is 24.5 Å². The number of ether oxygens (including phenoxy) is 3. The highest BCUT2D eigenvalue weighted by atomic mass is 35.5. The summed E-state index contributed by atoms with van der Waals surface area (Å²) < 4.78 is 18.9. The van der Waals surface area contributed by atoms with E-state index in [-0.39, 0.29) is 69.8 Å². The van der Waals surface area contributed by atoms with Gasteiger partial charge < -0.3 is 40.0 Å². The largest absolute Gasteiger partial charge is 0.488 e. The molecule has 71 heavy (non-hydrogen) atoms. The normalized spacial score (nSPS) is 12.6. The number of nitriles is 2. The topological polar surface area (TPSA) is 220 Å². The molecule has 0 bridgehead atoms. The highest BCUT2D eigenvalue weighted by Gasteiger charge is 2.29. The van der Waals surface area contributed by atoms with E-state index in [0.29, 0.717) is 75.2 Å². The average molecular weight is 977 g/mol. The first kappa shape index (κ1) is 51.4. The minimum absolute atomic E-state index is 0.0336. The average Bonchev–Trinajstić information content (AvgIpc) is 3.80. The van der Waals surface area contributed by atoms with Crippen molar-refractivity contribution in [3.63, 3.8) is 0 Å². The number of nitrogens with one attached hydrogen (secondary N) is 2. The molecule has 0 saturated carbocycles. The quantitative estimate of drug-likeness (QED) is 0.0485. The summed E-state index contributed by atoms with van der Waals surface area (Å²) in [5, 5.41) is 46.0. The second-order valence-electron chi connectivity index (χ2n) is 17.4. The van der Waals surface area contributed by atoms with Gasteiger partial charge in [0, 0.05) is 110 Å². The Labute approximate surface area is 417 Å². The van der Waals surface area contributed by atoms with Crippen LogP contribution >= 0.6 is 11.6 Å². The van der Waals surface area contributed by atoms with Gasteiger partial charge in [0.2, 0.25) is 0 Å². The van der Waals surface area contributed by atoms with Crippen LogP contribution in [0.2, 0.25) is 5.02 Å². The van der Waals surface area contributed by atoms with Gasteiger partial charge in [0.05, 0.1) is 28.4 Å². The van der Waals surface area contributed by atoms with Gasteiger partial charge in [-0.2, -0.15) is 10.5 Å². The zero-order valence-electron chi connectivity index (χ0n) is 39.7. The first-order valence-corrected chi connectivity index (χ1v) is 23.5. The predicted molar refractivity (Wildman–Crippen MR) is 267 cm³/mol. The first-order valence-electron chi connectivity index (χ1n) is 23.1. The van der Waals surface area contributed by atoms with Crippen molar-refractivity contribution in [2.45, 2.75) is 85.2 Å². The van der Waals surface area contributed by atoms with Crippen molar-refractivity contribution in [1.29, 1.82) is 10.5 Å². The Morgan fingerprint density at radius 1 is 0.704 bits per heavy atom. The Morgan fingerprint density at radius 2 is 1.28 bits per heavy atom. The number of aromatic nitrogens is 2. The fraction of sp³-hybridized carbons (Fsp3) is 0.291. The minimum atomic E-state index is -0.848. The van der Waals surface area contributed by atoms with Gasteiger partial charge in [-0.1, -0.05) is 48.0 Å². The van der Waals surface area contributed by atoms with Crippen molar-refractivity contribution in [2.24, 2.45) is 0 Å². The molecule has 0 spiro atoms. The second-order valence-corrected chi connectivity index (χ2v) is 17.9. The number of nitrogens with zero attached hydrogens (tertiary/aromatic N) is 5. The van der Waals surface area contributed by atoms with Gasteiger partial charge in [-0.3, -0.25) is 24.4 Å². The standard InChI is InChI=1S/C55H54ClN7O8/c1-34(64)14-45(66)29-61-27-42-11-10-41(19-52(42)69-31-39-16-37(21-57)23-59-25-39)55(68)63-13-12-49-48(8-5-9-51(49)63)47-7-4-6-43(36(47)3)33-71-54-20-53(70-32-40-17-38(22-58)24-60-26-40)44(18-50(54)56)28-62-30-46(67)15-35(2)65/h4-11,16-20,23-26,45-46,61-62,66-67H,12-15,27-33H2,1-3H3/t45-,46-/m0/s1. The van der Waals surface area contributed by atoms with Crippen molar-refractivity contribution in [1.82, 2.24) is 20.6 Å². The summed E-state index contributed by atoms with van der Waals surface area (Å²) in [5.41, 5.74) is 9.76. The molecule has 3 heterocycles. The summed E-state index contributed by atoms with van der Waals surface area (Å²) in [7, 11) is 0. The number of ketones is 2. The molecule has 4 N–H and O–H groups in total. The zero-order chi connectivity index (χ0) is 50.4. The van der Waals surface area contributed by atoms with Gasteiger partial charge in [-0.05, 0) is 91.4 Å². The fourth-order valence-electron chi connectivity index (χ4n) is 8.40. The maximum absolute atomic E-state index is 14.4. The number of benzene rings is 4. The first-order chi connectivity index (χ1) is 34.3. The van der Waals surface area contributed by atoms with E-state index in [1.54, 1.807) is 53.7 Å². The van der Waals surface area contributed by atoms with Crippen LogP contribution in [0.15, 0.2) is 104 Å². The molecule has 2 aromatic heterocycles. The molecular formula is C55H54ClN7O8. The SMILES string of the molecule is CC(=O)C[C@H](O)CNCc1ccc(C(=O)N2CCc3c(-c4cccc(COc5cc(OCc6cncc(C#N)c6)c(CNC[C@@H](O)CC(C)=O)cc5Cl)c4C)cccc32)cc1OCc1cncc(C#N)c1. The lowest BCUT2D eigenvalue weighted by Crippen LogP contribution is -2.29. The van der Waals surface area contributed by atoms with Crippen LogP contribution in [0.25, 0.3) is 11.1 Å². The van der Waals surface area contributed by atoms with Gasteiger partial charge in [-0.15, -0.1) is 0 Å². The Bertz CT molecular complexity index is 3010. The van der Waals surface area contributed by atoms with Gasteiger partial charge in [0.25, 0.3) is 5.91 Å². The molecule has 1 aliphatic rings. The van der Waals surface area contributed by atoms with Gasteiger partial charge in [0.1, 0.15) is 60.8 Å². The third-order valence-corrected chi connectivity index (χ3v) is 12.2. The van der Waals surface area contributed by atoms with E-state index >= 15 is 0 Å². The molecule has 0 fully saturated rings. The van der Waals surface area contributed by atoms with Crippen molar-refractivity contribution in [3.05, 3.63) is 164 Å². The number of aliphatic hydroxyl groups excluding tert-OH is 2. The molecule has 16 heteroatoms. The van der Waals surface area contributed by atoms with Crippen LogP contribution in [0.1, 0.15) is 87.1 Å². The highest BCUT2D eigenvalue weighted by molar-refractivity contribution is 6.32. The molecule has 4 aromatic carbocycles. The van der Waals surface area contributed by atoms with Crippen LogP contribution in [0.5, 0.6) is 17.2 Å². The molecule has 0 radical (unpaired) electrons. The number of carbonyl (C=O) groups excluding carboxylic acids is 3. The van der Waals surface area contributed by atoms with E-state index in [2.05, 4.69) is 44.9 Å². The maximum atomic E-state index is 14.4. The smallest absolute Gasteiger partial charge is 0.258 e. The molecule has 7 rings (SSSR count). The van der Waals surface area contributed by atoms with E-state index in [1.165, 1.54) is 26.2 Å². The van der Waals surface area contributed by atoms with Crippen LogP contribution in [0.3, 0.4) is 0 Å². The third-order valence-electron chi connectivity index (χ3n) is 11.9. The van der Waals surface area contributed by atoms with Crippen molar-refractivity contribution >= 4 is 34.8 Å². The number of hydrogen-bond donors (Lipinski definition) is 4. The van der Waals surface area contributed by atoms with E-state index in [1.807, 2.05) is 37.3 Å². The van der Waals surface area contributed by atoms with E-state index < -0.39 is 12.2 Å². The minimum Gasteiger partial charge on any atom is -0.488 e. The number of halogens is 1. The van der Waals surface area contributed by atoms with E-state index in [4.69, 9.17) is 25.8 Å². The Hall–Kier alpha value is -7.50. The molecule has 2 atom stereocenters. The molecule has 15 nitrogen and oxygen atoms in total. The predicted octanol–water partition coefficient (Wildman–Crippen LogP) is 7.65. The Kier molecular flexibility index (Phi) is 17.6.